The first-order chi connectivity index (χ1) is 9.11. The van der Waals surface area contributed by atoms with Gasteiger partial charge >= 0.3 is 0 Å². The summed E-state index contributed by atoms with van der Waals surface area (Å²) in [5.41, 5.74) is 1.07. The van der Waals surface area contributed by atoms with Gasteiger partial charge in [0.05, 0.1) is 7.11 Å². The van der Waals surface area contributed by atoms with Gasteiger partial charge in [-0.1, -0.05) is 18.9 Å². The van der Waals surface area contributed by atoms with E-state index >= 15 is 0 Å². The minimum atomic E-state index is -0.303. The van der Waals surface area contributed by atoms with Crippen LogP contribution in [0.3, 0.4) is 0 Å². The molecule has 1 aliphatic rings. The Morgan fingerprint density at radius 3 is 2.58 bits per heavy atom. The van der Waals surface area contributed by atoms with Crippen LogP contribution in [0.5, 0.6) is 5.75 Å². The molecule has 1 aromatic rings. The predicted octanol–water partition coefficient (Wildman–Crippen LogP) is 4.06. The van der Waals surface area contributed by atoms with Crippen molar-refractivity contribution < 1.29 is 9.13 Å². The molecular formula is C16H24FNO. The maximum Gasteiger partial charge on any atom is 0.165 e. The lowest BCUT2D eigenvalue weighted by Gasteiger charge is -2.25. The fourth-order valence-corrected chi connectivity index (χ4v) is 3.03. The van der Waals surface area contributed by atoms with Crippen LogP contribution in [0, 0.1) is 11.7 Å². The van der Waals surface area contributed by atoms with Crippen molar-refractivity contribution in [2.24, 2.45) is 5.92 Å². The Morgan fingerprint density at radius 2 is 1.95 bits per heavy atom. The number of benzene rings is 1. The van der Waals surface area contributed by atoms with Gasteiger partial charge in [0.1, 0.15) is 0 Å². The smallest absolute Gasteiger partial charge is 0.165 e. The molecule has 19 heavy (non-hydrogen) atoms. The number of ether oxygens (including phenoxy) is 1. The van der Waals surface area contributed by atoms with E-state index in [1.807, 2.05) is 6.07 Å². The van der Waals surface area contributed by atoms with Crippen LogP contribution in [0.4, 0.5) is 4.39 Å². The van der Waals surface area contributed by atoms with Gasteiger partial charge in [-0.15, -0.1) is 0 Å². The van der Waals surface area contributed by atoms with Gasteiger partial charge in [-0.2, -0.15) is 0 Å². The van der Waals surface area contributed by atoms with Crippen LogP contribution in [0.2, 0.25) is 0 Å². The minimum Gasteiger partial charge on any atom is -0.494 e. The molecule has 1 aliphatic carbocycles. The molecule has 1 aromatic carbocycles. The summed E-state index contributed by atoms with van der Waals surface area (Å²) < 4.78 is 18.4. The normalized spacial score (nSPS) is 19.4. The molecule has 0 heterocycles. The maximum atomic E-state index is 13.4. The van der Waals surface area contributed by atoms with E-state index in [1.165, 1.54) is 38.9 Å². The van der Waals surface area contributed by atoms with E-state index < -0.39 is 0 Å². The standard InChI is InChI=1S/C16H24FNO/c1-11(13-6-4-5-7-13)18-12(2)14-8-9-15(17)16(10-14)19-3/h8-13,18H,4-7H2,1-3H3/t11-,12?/m1/s1. The van der Waals surface area contributed by atoms with Gasteiger partial charge in [0.2, 0.25) is 0 Å². The second-order valence-corrected chi connectivity index (χ2v) is 5.62. The van der Waals surface area contributed by atoms with Crippen molar-refractivity contribution in [2.75, 3.05) is 7.11 Å². The number of halogens is 1. The van der Waals surface area contributed by atoms with Crippen LogP contribution in [-0.2, 0) is 0 Å². The van der Waals surface area contributed by atoms with Crippen LogP contribution >= 0.6 is 0 Å². The second kappa shape index (κ2) is 6.38. The van der Waals surface area contributed by atoms with Gasteiger partial charge in [0.15, 0.2) is 11.6 Å². The molecule has 0 saturated heterocycles. The summed E-state index contributed by atoms with van der Waals surface area (Å²) >= 11 is 0. The zero-order chi connectivity index (χ0) is 13.8. The van der Waals surface area contributed by atoms with E-state index in [-0.39, 0.29) is 11.9 Å². The molecule has 0 aromatic heterocycles. The Labute approximate surface area is 115 Å². The third kappa shape index (κ3) is 3.47. The van der Waals surface area contributed by atoms with Crippen LogP contribution in [0.15, 0.2) is 18.2 Å². The molecule has 1 fully saturated rings. The van der Waals surface area contributed by atoms with Crippen molar-refractivity contribution in [1.29, 1.82) is 0 Å². The van der Waals surface area contributed by atoms with Crippen LogP contribution in [-0.4, -0.2) is 13.2 Å². The van der Waals surface area contributed by atoms with E-state index in [0.29, 0.717) is 11.8 Å². The highest BCUT2D eigenvalue weighted by Crippen LogP contribution is 2.29. The summed E-state index contributed by atoms with van der Waals surface area (Å²) in [5.74, 6) is 0.798. The summed E-state index contributed by atoms with van der Waals surface area (Å²) in [4.78, 5) is 0. The summed E-state index contributed by atoms with van der Waals surface area (Å²) in [7, 11) is 1.50. The van der Waals surface area contributed by atoms with Gasteiger partial charge < -0.3 is 10.1 Å². The van der Waals surface area contributed by atoms with Crippen LogP contribution < -0.4 is 10.1 Å². The van der Waals surface area contributed by atoms with Crippen LogP contribution in [0.1, 0.15) is 51.1 Å². The lowest BCUT2D eigenvalue weighted by atomic mass is 9.98. The molecule has 2 atom stereocenters. The highest BCUT2D eigenvalue weighted by molar-refractivity contribution is 5.32. The van der Waals surface area contributed by atoms with E-state index in [2.05, 4.69) is 19.2 Å². The molecular weight excluding hydrogens is 241 g/mol. The number of methoxy groups -OCH3 is 1. The Balaban J connectivity index is 2.00. The molecule has 106 valence electrons. The van der Waals surface area contributed by atoms with E-state index in [0.717, 1.165) is 11.5 Å². The highest BCUT2D eigenvalue weighted by atomic mass is 19.1. The Hall–Kier alpha value is -1.09. The van der Waals surface area contributed by atoms with Crippen molar-refractivity contribution >= 4 is 0 Å². The van der Waals surface area contributed by atoms with E-state index in [4.69, 9.17) is 4.74 Å². The summed E-state index contributed by atoms with van der Waals surface area (Å²) in [6, 6.07) is 5.82. The van der Waals surface area contributed by atoms with Crippen molar-refractivity contribution in [2.45, 2.75) is 51.6 Å². The lowest BCUT2D eigenvalue weighted by Crippen LogP contribution is -2.34. The van der Waals surface area contributed by atoms with Crippen molar-refractivity contribution in [3.63, 3.8) is 0 Å². The zero-order valence-corrected chi connectivity index (χ0v) is 12.1. The molecule has 0 radical (unpaired) electrons. The summed E-state index contributed by atoms with van der Waals surface area (Å²) in [6.07, 6.45) is 5.37. The maximum absolute atomic E-state index is 13.4. The molecule has 0 spiro atoms. The molecule has 2 rings (SSSR count). The quantitative estimate of drug-likeness (QED) is 0.866. The van der Waals surface area contributed by atoms with Crippen molar-refractivity contribution in [3.8, 4) is 5.75 Å². The Morgan fingerprint density at radius 1 is 1.26 bits per heavy atom. The topological polar surface area (TPSA) is 21.3 Å². The monoisotopic (exact) mass is 265 g/mol. The van der Waals surface area contributed by atoms with Gasteiger partial charge in [0, 0.05) is 12.1 Å². The average molecular weight is 265 g/mol. The largest absolute Gasteiger partial charge is 0.494 e. The van der Waals surface area contributed by atoms with E-state index in [1.54, 1.807) is 6.07 Å². The number of hydrogen-bond donors (Lipinski definition) is 1. The molecule has 2 nitrogen and oxygen atoms in total. The minimum absolute atomic E-state index is 0.213. The molecule has 1 unspecified atom stereocenters. The fraction of sp³-hybridized carbons (Fsp3) is 0.625. The first-order valence-corrected chi connectivity index (χ1v) is 7.21. The summed E-state index contributed by atoms with van der Waals surface area (Å²) in [6.45, 7) is 4.38. The third-order valence-corrected chi connectivity index (χ3v) is 4.30. The van der Waals surface area contributed by atoms with Crippen molar-refractivity contribution in [1.82, 2.24) is 5.32 Å². The van der Waals surface area contributed by atoms with Crippen molar-refractivity contribution in [3.05, 3.63) is 29.6 Å². The average Bonchev–Trinajstić information content (AvgIpc) is 2.93. The zero-order valence-electron chi connectivity index (χ0n) is 12.1. The lowest BCUT2D eigenvalue weighted by molar-refractivity contribution is 0.350. The number of nitrogens with one attached hydrogen (secondary N) is 1. The SMILES string of the molecule is COc1cc(C(C)N[C@H](C)C2CCCC2)ccc1F. The van der Waals surface area contributed by atoms with Gasteiger partial charge in [-0.05, 0) is 50.3 Å². The number of hydrogen-bond acceptors (Lipinski definition) is 2. The highest BCUT2D eigenvalue weighted by Gasteiger charge is 2.23. The first-order valence-electron chi connectivity index (χ1n) is 7.21. The summed E-state index contributed by atoms with van der Waals surface area (Å²) in [5, 5.41) is 3.63. The number of rotatable bonds is 5. The molecule has 1 N–H and O–H groups in total. The third-order valence-electron chi connectivity index (χ3n) is 4.30. The van der Waals surface area contributed by atoms with Gasteiger partial charge in [0.25, 0.3) is 0 Å². The molecule has 3 heteroatoms. The Kier molecular flexibility index (Phi) is 4.81. The van der Waals surface area contributed by atoms with Crippen LogP contribution in [0.25, 0.3) is 0 Å². The predicted molar refractivity (Wildman–Crippen MR) is 75.9 cm³/mol. The Bertz CT molecular complexity index is 415. The molecule has 1 saturated carbocycles. The fourth-order valence-electron chi connectivity index (χ4n) is 3.03. The van der Waals surface area contributed by atoms with E-state index in [9.17, 15) is 4.39 Å². The molecule has 0 amide bonds. The first kappa shape index (κ1) is 14.3. The second-order valence-electron chi connectivity index (χ2n) is 5.62. The van der Waals surface area contributed by atoms with Gasteiger partial charge in [-0.25, -0.2) is 4.39 Å². The molecule has 0 bridgehead atoms. The molecule has 0 aliphatic heterocycles. The van der Waals surface area contributed by atoms with Gasteiger partial charge in [-0.3, -0.25) is 0 Å².